The highest BCUT2D eigenvalue weighted by Gasteiger charge is 2.22. The van der Waals surface area contributed by atoms with E-state index < -0.39 is 19.4 Å². The fourth-order valence-corrected chi connectivity index (χ4v) is 3.84. The van der Waals surface area contributed by atoms with Crippen LogP contribution in [0.2, 0.25) is 0 Å². The summed E-state index contributed by atoms with van der Waals surface area (Å²) in [6.45, 7) is 1.70. The van der Waals surface area contributed by atoms with Gasteiger partial charge in [0.15, 0.2) is 23.0 Å². The molecule has 0 aliphatic carbocycles. The number of hydrogen-bond acceptors (Lipinski definition) is 7. The predicted molar refractivity (Wildman–Crippen MR) is 118 cm³/mol. The highest BCUT2D eigenvalue weighted by molar-refractivity contribution is 7.56. The minimum absolute atomic E-state index is 0. The monoisotopic (exact) mass is 453 g/mol. The lowest BCUT2D eigenvalue weighted by Gasteiger charge is -2.23. The summed E-state index contributed by atoms with van der Waals surface area (Å²) in [5.41, 5.74) is 1.13. The highest BCUT2D eigenvalue weighted by atomic mass is 31.2. The van der Waals surface area contributed by atoms with E-state index in [4.69, 9.17) is 28.7 Å². The van der Waals surface area contributed by atoms with Gasteiger partial charge in [0.05, 0.1) is 27.1 Å². The molecule has 2 aromatic rings. The third kappa shape index (κ3) is 7.22. The summed E-state index contributed by atoms with van der Waals surface area (Å²) in [7, 11) is 1.64. The van der Waals surface area contributed by atoms with E-state index in [1.807, 2.05) is 0 Å². The van der Waals surface area contributed by atoms with Gasteiger partial charge in [-0.05, 0) is 35.4 Å². The zero-order valence-electron chi connectivity index (χ0n) is 17.1. The molecule has 170 valence electrons. The van der Waals surface area contributed by atoms with Crippen LogP contribution in [0.25, 0.3) is 0 Å². The average Bonchev–Trinajstić information content (AvgIpc) is 2.69. The lowest BCUT2D eigenvalue weighted by atomic mass is 10.1. The minimum Gasteiger partial charge on any atom is -0.493 e. The van der Waals surface area contributed by atoms with Gasteiger partial charge >= 0.3 is 19.4 Å². The second kappa shape index (κ2) is 11.3. The van der Waals surface area contributed by atoms with Crippen molar-refractivity contribution in [2.45, 2.75) is 20.3 Å². The summed E-state index contributed by atoms with van der Waals surface area (Å²) in [5.74, 6) is -0.474. The molecule has 2 aromatic carbocycles. The van der Waals surface area contributed by atoms with E-state index in [2.05, 4.69) is 4.74 Å². The Morgan fingerprint density at radius 3 is 1.52 bits per heavy atom. The number of hydrogen-bond donors (Lipinski definition) is 2. The normalized spacial score (nSPS) is 10.5. The Bertz CT molecular complexity index is 916. The van der Waals surface area contributed by atoms with Crippen LogP contribution < -0.4 is 18.5 Å². The third-order valence-electron chi connectivity index (χ3n) is 4.07. The summed E-state index contributed by atoms with van der Waals surface area (Å²) in [6.07, 6.45) is -0.283. The fraction of sp³-hybridized carbons (Fsp3) is 0.333. The molecule has 2 rings (SSSR count). The molecule has 0 saturated heterocycles. The van der Waals surface area contributed by atoms with Crippen LogP contribution in [-0.4, -0.2) is 50.1 Å². The van der Waals surface area contributed by atoms with E-state index in [-0.39, 0.29) is 20.3 Å². The van der Waals surface area contributed by atoms with Gasteiger partial charge in [-0.25, -0.2) is 4.74 Å². The summed E-state index contributed by atoms with van der Waals surface area (Å²) < 4.78 is 27.0. The summed E-state index contributed by atoms with van der Waals surface area (Å²) in [4.78, 5) is 21.9. The van der Waals surface area contributed by atoms with Crippen molar-refractivity contribution in [1.29, 1.82) is 0 Å². The Labute approximate surface area is 181 Å². The maximum Gasteiger partial charge on any atom is 0.311 e. The highest BCUT2D eigenvalue weighted by Crippen LogP contribution is 2.51. The Hall–Kier alpha value is -3.19. The van der Waals surface area contributed by atoms with Gasteiger partial charge in [-0.2, -0.15) is 0 Å². The van der Waals surface area contributed by atoms with Crippen LogP contribution in [-0.2, 0) is 22.4 Å². The molecule has 0 amide bonds. The Kier molecular flexibility index (Phi) is 9.40. The number of aliphatic carboxylic acids is 2. The lowest BCUT2D eigenvalue weighted by molar-refractivity contribution is -0.137. The molecular weight excluding hydrogens is 425 g/mol. The van der Waals surface area contributed by atoms with Gasteiger partial charge in [-0.15, -0.1) is 0 Å². The van der Waals surface area contributed by atoms with E-state index in [1.165, 1.54) is 14.2 Å². The molecular formula is C21H28NO8P. The standard InChI is InChI=1S/C20H24NO8P.CH4/c1-21-30(4,28-15-7-5-13(11-19(22)23)9-17(15)26-2)29-16-8-6-14(12-20(24)25)10-18(16)27-3;/h5-10H,11-12H2,1-4H3,(H,22,23)(H,24,25);1H4. The average molecular weight is 453 g/mol. The number of carboxylic acids is 2. The van der Waals surface area contributed by atoms with Gasteiger partial charge in [0, 0.05) is 13.7 Å². The van der Waals surface area contributed by atoms with Crippen molar-refractivity contribution in [2.75, 3.05) is 27.9 Å². The van der Waals surface area contributed by atoms with Gasteiger partial charge in [0.2, 0.25) is 0 Å². The van der Waals surface area contributed by atoms with Crippen molar-refractivity contribution in [3.05, 3.63) is 47.5 Å². The van der Waals surface area contributed by atoms with Crippen molar-refractivity contribution in [3.8, 4) is 23.0 Å². The third-order valence-corrected chi connectivity index (χ3v) is 5.86. The molecule has 0 unspecified atom stereocenters. The van der Waals surface area contributed by atoms with Crippen molar-refractivity contribution in [1.82, 2.24) is 0 Å². The number of benzene rings is 2. The van der Waals surface area contributed by atoms with E-state index in [1.54, 1.807) is 50.1 Å². The smallest absolute Gasteiger partial charge is 0.311 e. The maximum atomic E-state index is 10.9. The molecule has 0 heterocycles. The fourth-order valence-electron chi connectivity index (χ4n) is 2.61. The van der Waals surface area contributed by atoms with Crippen LogP contribution in [0.3, 0.4) is 0 Å². The molecule has 0 spiro atoms. The number of nitrogens with zero attached hydrogens (tertiary/aromatic N) is 1. The van der Waals surface area contributed by atoms with E-state index >= 15 is 0 Å². The van der Waals surface area contributed by atoms with Crippen LogP contribution in [0.1, 0.15) is 18.6 Å². The van der Waals surface area contributed by atoms with Crippen LogP contribution in [0.4, 0.5) is 0 Å². The van der Waals surface area contributed by atoms with Crippen LogP contribution in [0.15, 0.2) is 41.1 Å². The van der Waals surface area contributed by atoms with Gasteiger partial charge in [0.25, 0.3) is 0 Å². The Morgan fingerprint density at radius 2 is 1.23 bits per heavy atom. The SMILES string of the molecule is C.CN=P(C)(Oc1ccc(CC(=O)O)cc1OC)Oc1ccc(CC(=O)O)cc1OC. The molecule has 0 fully saturated rings. The predicted octanol–water partition coefficient (Wildman–Crippen LogP) is 4.34. The topological polar surface area (TPSA) is 124 Å². The molecule has 9 nitrogen and oxygen atoms in total. The number of rotatable bonds is 10. The lowest BCUT2D eigenvalue weighted by Crippen LogP contribution is -2.05. The number of ether oxygens (including phenoxy) is 2. The molecule has 2 N–H and O–H groups in total. The Balaban J connectivity index is 0.00000480. The van der Waals surface area contributed by atoms with Crippen molar-refractivity contribution in [3.63, 3.8) is 0 Å². The molecule has 0 aliphatic rings. The van der Waals surface area contributed by atoms with Crippen LogP contribution in [0.5, 0.6) is 23.0 Å². The molecule has 0 aliphatic heterocycles. The first-order valence-electron chi connectivity index (χ1n) is 8.84. The molecule has 10 heteroatoms. The van der Waals surface area contributed by atoms with Crippen LogP contribution in [0, 0.1) is 0 Å². The first-order valence-corrected chi connectivity index (χ1v) is 10.9. The molecule has 0 radical (unpaired) electrons. The molecule has 0 aromatic heterocycles. The zero-order chi connectivity index (χ0) is 22.3. The second-order valence-electron chi connectivity index (χ2n) is 6.30. The Morgan fingerprint density at radius 1 is 0.839 bits per heavy atom. The summed E-state index contributed by atoms with van der Waals surface area (Å²) in [5, 5.41) is 17.9. The van der Waals surface area contributed by atoms with Gasteiger partial charge < -0.3 is 28.7 Å². The molecule has 0 saturated carbocycles. The van der Waals surface area contributed by atoms with Crippen molar-refractivity contribution < 1.29 is 38.3 Å². The second-order valence-corrected chi connectivity index (χ2v) is 8.67. The quantitative estimate of drug-likeness (QED) is 0.509. The maximum absolute atomic E-state index is 10.9. The number of carboxylic acid groups (broad SMARTS) is 2. The van der Waals surface area contributed by atoms with E-state index in [9.17, 15) is 9.59 Å². The van der Waals surface area contributed by atoms with Crippen molar-refractivity contribution >= 4 is 19.4 Å². The van der Waals surface area contributed by atoms with Crippen molar-refractivity contribution in [2.24, 2.45) is 4.74 Å². The summed E-state index contributed by atoms with van der Waals surface area (Å²) >= 11 is 0. The van der Waals surface area contributed by atoms with E-state index in [0.717, 1.165) is 0 Å². The molecule has 0 bridgehead atoms. The number of methoxy groups -OCH3 is 2. The largest absolute Gasteiger partial charge is 0.493 e. The first-order chi connectivity index (χ1) is 14.2. The van der Waals surface area contributed by atoms with Gasteiger partial charge in [-0.3, -0.25) is 9.59 Å². The van der Waals surface area contributed by atoms with Gasteiger partial charge in [-0.1, -0.05) is 19.6 Å². The van der Waals surface area contributed by atoms with Gasteiger partial charge in [0.1, 0.15) is 0 Å². The van der Waals surface area contributed by atoms with Crippen LogP contribution >= 0.6 is 7.51 Å². The minimum atomic E-state index is -2.83. The number of carbonyl (C=O) groups is 2. The van der Waals surface area contributed by atoms with E-state index in [0.29, 0.717) is 34.1 Å². The summed E-state index contributed by atoms with van der Waals surface area (Å²) in [6, 6.07) is 9.66. The molecule has 31 heavy (non-hydrogen) atoms. The first kappa shape index (κ1) is 25.8. The molecule has 0 atom stereocenters. The zero-order valence-corrected chi connectivity index (χ0v) is 18.0.